The normalized spacial score (nSPS) is 18.2. The second-order valence-electron chi connectivity index (χ2n) is 5.53. The van der Waals surface area contributed by atoms with Gasteiger partial charge in [-0.05, 0) is 25.5 Å². The molecule has 24 heavy (non-hydrogen) atoms. The highest BCUT2D eigenvalue weighted by molar-refractivity contribution is 7.99. The second kappa shape index (κ2) is 7.04. The van der Waals surface area contributed by atoms with Crippen LogP contribution in [-0.2, 0) is 9.59 Å². The van der Waals surface area contributed by atoms with Crippen LogP contribution in [0.25, 0.3) is 5.65 Å². The first-order valence-electron chi connectivity index (χ1n) is 7.78. The largest absolute Gasteiger partial charge is 0.317 e. The van der Waals surface area contributed by atoms with Crippen LogP contribution in [-0.4, -0.2) is 49.0 Å². The van der Waals surface area contributed by atoms with Gasteiger partial charge in [0.2, 0.25) is 11.9 Å². The minimum absolute atomic E-state index is 0.0897. The lowest BCUT2D eigenvalue weighted by Gasteiger charge is -2.23. The fraction of sp³-hybridized carbons (Fsp3) is 0.375. The first-order valence-corrected chi connectivity index (χ1v) is 8.93. The van der Waals surface area contributed by atoms with Crippen LogP contribution in [0.3, 0.4) is 0 Å². The van der Waals surface area contributed by atoms with Crippen LogP contribution in [0.5, 0.6) is 0 Å². The van der Waals surface area contributed by atoms with E-state index in [1.165, 1.54) is 0 Å². The third-order valence-electron chi connectivity index (χ3n) is 3.84. The predicted octanol–water partition coefficient (Wildman–Crippen LogP) is 1.93. The van der Waals surface area contributed by atoms with Crippen LogP contribution in [0.15, 0.2) is 36.0 Å². The summed E-state index contributed by atoms with van der Waals surface area (Å²) < 4.78 is 1.70. The summed E-state index contributed by atoms with van der Waals surface area (Å²) in [5.74, 6) is 1.13. The van der Waals surface area contributed by atoms with Crippen molar-refractivity contribution in [3.8, 4) is 0 Å². The number of nitrogens with one attached hydrogen (secondary N) is 1. The maximum absolute atomic E-state index is 12.6. The van der Waals surface area contributed by atoms with Gasteiger partial charge in [0.25, 0.3) is 5.91 Å². The number of allylic oxidation sites excluding steroid dienone is 1. The van der Waals surface area contributed by atoms with Crippen LogP contribution in [0.4, 0.5) is 5.95 Å². The Morgan fingerprint density at radius 2 is 2.25 bits per heavy atom. The zero-order valence-corrected chi connectivity index (χ0v) is 14.4. The lowest BCUT2D eigenvalue weighted by molar-refractivity contribution is -0.133. The summed E-state index contributed by atoms with van der Waals surface area (Å²) in [7, 11) is 0. The van der Waals surface area contributed by atoms with E-state index in [4.69, 9.17) is 0 Å². The predicted molar refractivity (Wildman–Crippen MR) is 93.6 cm³/mol. The molecule has 1 atom stereocenters. The van der Waals surface area contributed by atoms with Crippen molar-refractivity contribution in [3.05, 3.63) is 36.0 Å². The standard InChI is InChI=1S/C16H19N5O2S/c1-3-6-11(2)15(23)21-10-24-9-12(21)14(22)17-16-19-18-13-7-4-5-8-20(13)16/h4-8,12H,3,9-10H2,1-2H3,(H,17,19,22)/b11-6+/t12-/m1/s1. The number of anilines is 1. The Bertz CT molecular complexity index is 801. The number of rotatable bonds is 4. The monoisotopic (exact) mass is 345 g/mol. The van der Waals surface area contributed by atoms with Gasteiger partial charge in [0.05, 0.1) is 5.88 Å². The summed E-state index contributed by atoms with van der Waals surface area (Å²) in [5, 5.41) is 10.8. The van der Waals surface area contributed by atoms with Gasteiger partial charge in [-0.25, -0.2) is 0 Å². The SMILES string of the molecule is CC/C=C(\C)C(=O)N1CSC[C@@H]1C(=O)Nc1nnc2ccccn12. The molecular formula is C16H19N5O2S. The van der Waals surface area contributed by atoms with Crippen molar-refractivity contribution in [2.24, 2.45) is 0 Å². The molecule has 0 saturated carbocycles. The first-order chi connectivity index (χ1) is 11.6. The van der Waals surface area contributed by atoms with Crippen LogP contribution in [0.1, 0.15) is 20.3 Å². The Labute approximate surface area is 144 Å². The highest BCUT2D eigenvalue weighted by Gasteiger charge is 2.35. The minimum atomic E-state index is -0.501. The molecule has 1 fully saturated rings. The van der Waals surface area contributed by atoms with E-state index < -0.39 is 6.04 Å². The number of nitrogens with zero attached hydrogens (tertiary/aromatic N) is 4. The highest BCUT2D eigenvalue weighted by Crippen LogP contribution is 2.24. The molecule has 3 rings (SSSR count). The Kier molecular flexibility index (Phi) is 4.84. The molecule has 0 radical (unpaired) electrons. The van der Waals surface area contributed by atoms with Gasteiger partial charge in [-0.2, -0.15) is 0 Å². The molecule has 0 bridgehead atoms. The molecular weight excluding hydrogens is 326 g/mol. The molecule has 126 valence electrons. The number of carbonyl (C=O) groups excluding carboxylic acids is 2. The Balaban J connectivity index is 1.76. The number of amides is 2. The third kappa shape index (κ3) is 3.14. The van der Waals surface area contributed by atoms with E-state index in [1.807, 2.05) is 31.2 Å². The zero-order chi connectivity index (χ0) is 17.1. The molecule has 2 amide bonds. The second-order valence-corrected chi connectivity index (χ2v) is 6.53. The molecule has 0 unspecified atom stereocenters. The van der Waals surface area contributed by atoms with Crippen LogP contribution >= 0.6 is 11.8 Å². The average molecular weight is 345 g/mol. The van der Waals surface area contributed by atoms with Crippen LogP contribution in [0, 0.1) is 0 Å². The summed E-state index contributed by atoms with van der Waals surface area (Å²) in [6.45, 7) is 3.77. The molecule has 1 N–H and O–H groups in total. The van der Waals surface area contributed by atoms with Gasteiger partial charge in [-0.15, -0.1) is 22.0 Å². The smallest absolute Gasteiger partial charge is 0.250 e. The number of carbonyl (C=O) groups is 2. The zero-order valence-electron chi connectivity index (χ0n) is 13.6. The maximum atomic E-state index is 12.6. The fourth-order valence-electron chi connectivity index (χ4n) is 2.60. The highest BCUT2D eigenvalue weighted by atomic mass is 32.2. The van der Waals surface area contributed by atoms with E-state index in [2.05, 4.69) is 15.5 Å². The van der Waals surface area contributed by atoms with Gasteiger partial charge in [0, 0.05) is 17.5 Å². The van der Waals surface area contributed by atoms with E-state index in [0.717, 1.165) is 6.42 Å². The summed E-state index contributed by atoms with van der Waals surface area (Å²) in [6, 6.07) is 5.00. The maximum Gasteiger partial charge on any atom is 0.250 e. The summed E-state index contributed by atoms with van der Waals surface area (Å²) in [6.07, 6.45) is 4.46. The van der Waals surface area contributed by atoms with Gasteiger partial charge in [0.15, 0.2) is 5.65 Å². The molecule has 3 heterocycles. The van der Waals surface area contributed by atoms with Crippen molar-refractivity contribution < 1.29 is 9.59 Å². The quantitative estimate of drug-likeness (QED) is 0.857. The van der Waals surface area contributed by atoms with E-state index in [1.54, 1.807) is 34.2 Å². The van der Waals surface area contributed by atoms with Gasteiger partial charge >= 0.3 is 0 Å². The fourth-order valence-corrected chi connectivity index (χ4v) is 3.75. The van der Waals surface area contributed by atoms with Crippen molar-refractivity contribution in [2.75, 3.05) is 16.9 Å². The minimum Gasteiger partial charge on any atom is -0.317 e. The number of fused-ring (bicyclic) bond motifs is 1. The Morgan fingerprint density at radius 3 is 3.04 bits per heavy atom. The summed E-state index contributed by atoms with van der Waals surface area (Å²) >= 11 is 1.57. The third-order valence-corrected chi connectivity index (χ3v) is 4.85. The summed E-state index contributed by atoms with van der Waals surface area (Å²) in [5.41, 5.74) is 1.33. The van der Waals surface area contributed by atoms with E-state index in [9.17, 15) is 9.59 Å². The first kappa shape index (κ1) is 16.5. The van der Waals surface area contributed by atoms with E-state index in [-0.39, 0.29) is 11.8 Å². The lowest BCUT2D eigenvalue weighted by atomic mass is 10.2. The number of hydrogen-bond acceptors (Lipinski definition) is 5. The average Bonchev–Trinajstić information content (AvgIpc) is 3.22. The van der Waals surface area contributed by atoms with Gasteiger partial charge < -0.3 is 4.90 Å². The van der Waals surface area contributed by atoms with E-state index in [0.29, 0.717) is 28.8 Å². The molecule has 0 aliphatic carbocycles. The van der Waals surface area contributed by atoms with Gasteiger partial charge in [-0.1, -0.05) is 19.1 Å². The molecule has 7 nitrogen and oxygen atoms in total. The number of thioether (sulfide) groups is 1. The molecule has 1 aliphatic heterocycles. The van der Waals surface area contributed by atoms with Gasteiger partial charge in [-0.3, -0.25) is 19.3 Å². The molecule has 8 heteroatoms. The van der Waals surface area contributed by atoms with Crippen molar-refractivity contribution in [3.63, 3.8) is 0 Å². The van der Waals surface area contributed by atoms with Crippen molar-refractivity contribution >= 4 is 35.2 Å². The van der Waals surface area contributed by atoms with Crippen molar-refractivity contribution in [1.29, 1.82) is 0 Å². The number of hydrogen-bond donors (Lipinski definition) is 1. The van der Waals surface area contributed by atoms with E-state index >= 15 is 0 Å². The van der Waals surface area contributed by atoms with Crippen LogP contribution in [0.2, 0.25) is 0 Å². The molecule has 0 spiro atoms. The van der Waals surface area contributed by atoms with Crippen molar-refractivity contribution in [2.45, 2.75) is 26.3 Å². The molecule has 2 aromatic heterocycles. The number of pyridine rings is 1. The molecule has 2 aromatic rings. The molecule has 0 aromatic carbocycles. The summed E-state index contributed by atoms with van der Waals surface area (Å²) in [4.78, 5) is 26.7. The lowest BCUT2D eigenvalue weighted by Crippen LogP contribution is -2.45. The Morgan fingerprint density at radius 1 is 1.42 bits per heavy atom. The number of aromatic nitrogens is 3. The molecule has 1 saturated heterocycles. The Hall–Kier alpha value is -2.35. The van der Waals surface area contributed by atoms with Crippen LogP contribution < -0.4 is 5.32 Å². The topological polar surface area (TPSA) is 79.6 Å². The molecule has 1 aliphatic rings. The van der Waals surface area contributed by atoms with Gasteiger partial charge in [0.1, 0.15) is 6.04 Å². The van der Waals surface area contributed by atoms with Crippen molar-refractivity contribution in [1.82, 2.24) is 19.5 Å².